The van der Waals surface area contributed by atoms with E-state index in [9.17, 15) is 9.59 Å². The summed E-state index contributed by atoms with van der Waals surface area (Å²) >= 11 is 0. The second-order valence-corrected chi connectivity index (χ2v) is 4.30. The third-order valence-corrected chi connectivity index (χ3v) is 2.72. The van der Waals surface area contributed by atoms with E-state index in [1.54, 1.807) is 32.9 Å². The molecule has 5 nitrogen and oxygen atoms in total. The van der Waals surface area contributed by atoms with E-state index in [1.165, 1.54) is 6.08 Å². The normalized spacial score (nSPS) is 11.5. The van der Waals surface area contributed by atoms with E-state index in [1.807, 2.05) is 18.2 Å². The highest BCUT2D eigenvalue weighted by molar-refractivity contribution is 6.21. The first-order chi connectivity index (χ1) is 10.6. The van der Waals surface area contributed by atoms with Crippen LogP contribution in [-0.4, -0.2) is 37.9 Å². The molecule has 0 heterocycles. The molecule has 0 aliphatic rings. The molecule has 0 unspecified atom stereocenters. The number of carbonyl (C=O) groups excluding carboxylic acids is 2. The molecule has 1 aromatic carbocycles. The fourth-order valence-electron chi connectivity index (χ4n) is 1.78. The van der Waals surface area contributed by atoms with Crippen LogP contribution in [0.15, 0.2) is 35.9 Å². The largest absolute Gasteiger partial charge is 0.462 e. The average molecular weight is 306 g/mol. The monoisotopic (exact) mass is 306 g/mol. The van der Waals surface area contributed by atoms with Crippen LogP contribution in [0.5, 0.6) is 0 Å². The van der Waals surface area contributed by atoms with E-state index in [0.717, 1.165) is 5.56 Å². The molecule has 0 N–H and O–H groups in total. The van der Waals surface area contributed by atoms with E-state index in [0.29, 0.717) is 13.2 Å². The Morgan fingerprint density at radius 3 is 2.09 bits per heavy atom. The van der Waals surface area contributed by atoms with Crippen molar-refractivity contribution in [1.29, 1.82) is 0 Å². The lowest BCUT2D eigenvalue weighted by Gasteiger charge is -2.16. The topological polar surface area (TPSA) is 61.8 Å². The Morgan fingerprint density at radius 2 is 1.59 bits per heavy atom. The minimum Gasteiger partial charge on any atom is -0.462 e. The minimum atomic E-state index is -1.10. The lowest BCUT2D eigenvalue weighted by atomic mass is 10.1. The first-order valence-electron chi connectivity index (χ1n) is 7.35. The van der Waals surface area contributed by atoms with E-state index in [2.05, 4.69) is 0 Å². The van der Waals surface area contributed by atoms with Crippen LogP contribution in [0.2, 0.25) is 0 Å². The molecule has 0 saturated heterocycles. The van der Waals surface area contributed by atoms with Gasteiger partial charge >= 0.3 is 5.97 Å². The number of esters is 1. The molecule has 0 atom stereocenters. The van der Waals surface area contributed by atoms with Crippen LogP contribution >= 0.6 is 0 Å². The molecule has 0 saturated carbocycles. The minimum absolute atomic E-state index is 0.0834. The first kappa shape index (κ1) is 18.1. The molecule has 0 bridgehead atoms. The van der Waals surface area contributed by atoms with E-state index >= 15 is 0 Å². The Balaban J connectivity index is 3.11. The van der Waals surface area contributed by atoms with Gasteiger partial charge in [-0.25, -0.2) is 4.79 Å². The summed E-state index contributed by atoms with van der Waals surface area (Å²) in [4.78, 5) is 24.6. The van der Waals surface area contributed by atoms with E-state index in [-0.39, 0.29) is 12.2 Å². The van der Waals surface area contributed by atoms with Gasteiger partial charge in [0, 0.05) is 13.2 Å². The van der Waals surface area contributed by atoms with Crippen LogP contribution in [0, 0.1) is 0 Å². The lowest BCUT2D eigenvalue weighted by Crippen LogP contribution is -2.32. The van der Waals surface area contributed by atoms with Crippen molar-refractivity contribution < 1.29 is 23.8 Å². The molecule has 0 radical (unpaired) electrons. The van der Waals surface area contributed by atoms with Gasteiger partial charge in [0.15, 0.2) is 0 Å². The SMILES string of the molecule is CCOC(=O)/C(=C\c1ccccc1)C(=O)C(OCC)OCC. The van der Waals surface area contributed by atoms with Crippen LogP contribution in [0.1, 0.15) is 26.3 Å². The fourth-order valence-corrected chi connectivity index (χ4v) is 1.78. The smallest absolute Gasteiger partial charge is 0.341 e. The Labute approximate surface area is 130 Å². The van der Waals surface area contributed by atoms with Crippen molar-refractivity contribution in [3.05, 3.63) is 41.5 Å². The number of benzene rings is 1. The maximum atomic E-state index is 12.5. The van der Waals surface area contributed by atoms with E-state index < -0.39 is 18.0 Å². The van der Waals surface area contributed by atoms with Crippen LogP contribution in [0.4, 0.5) is 0 Å². The second-order valence-electron chi connectivity index (χ2n) is 4.30. The summed E-state index contributed by atoms with van der Waals surface area (Å²) in [7, 11) is 0. The molecule has 5 heteroatoms. The number of ketones is 1. The molecular weight excluding hydrogens is 284 g/mol. The van der Waals surface area contributed by atoms with Crippen molar-refractivity contribution in [1.82, 2.24) is 0 Å². The Morgan fingerprint density at radius 1 is 1.00 bits per heavy atom. The summed E-state index contributed by atoms with van der Waals surface area (Å²) in [5.74, 6) is -1.22. The van der Waals surface area contributed by atoms with Gasteiger partial charge in [0.05, 0.1) is 6.61 Å². The van der Waals surface area contributed by atoms with Crippen molar-refractivity contribution in [3.63, 3.8) is 0 Å². The van der Waals surface area contributed by atoms with Gasteiger partial charge in [0.25, 0.3) is 0 Å². The van der Waals surface area contributed by atoms with Crippen molar-refractivity contribution in [2.75, 3.05) is 19.8 Å². The van der Waals surface area contributed by atoms with Gasteiger partial charge in [0.1, 0.15) is 5.57 Å². The van der Waals surface area contributed by atoms with Crippen LogP contribution in [0.3, 0.4) is 0 Å². The van der Waals surface area contributed by atoms with Crippen molar-refractivity contribution >= 4 is 17.8 Å². The van der Waals surface area contributed by atoms with Crippen LogP contribution in [0.25, 0.3) is 6.08 Å². The highest BCUT2D eigenvalue weighted by atomic mass is 16.7. The molecule has 0 aliphatic carbocycles. The zero-order chi connectivity index (χ0) is 16.4. The highest BCUT2D eigenvalue weighted by Crippen LogP contribution is 2.13. The van der Waals surface area contributed by atoms with Gasteiger partial charge in [-0.15, -0.1) is 0 Å². The Bertz CT molecular complexity index is 501. The standard InChI is InChI=1S/C17H22O5/c1-4-20-16(19)14(12-13-10-8-7-9-11-13)15(18)17(21-5-2)22-6-3/h7-12,17H,4-6H2,1-3H3/b14-12-. The molecule has 0 fully saturated rings. The van der Waals surface area contributed by atoms with Crippen molar-refractivity contribution in [2.45, 2.75) is 27.1 Å². The van der Waals surface area contributed by atoms with Gasteiger partial charge in [-0.1, -0.05) is 30.3 Å². The number of hydrogen-bond acceptors (Lipinski definition) is 5. The molecule has 1 rings (SSSR count). The van der Waals surface area contributed by atoms with E-state index in [4.69, 9.17) is 14.2 Å². The summed E-state index contributed by atoms with van der Waals surface area (Å²) < 4.78 is 15.5. The van der Waals surface area contributed by atoms with Crippen molar-refractivity contribution in [3.8, 4) is 0 Å². The zero-order valence-corrected chi connectivity index (χ0v) is 13.2. The number of hydrogen-bond donors (Lipinski definition) is 0. The number of Topliss-reactive ketones (excluding diaryl/α,β-unsaturated/α-hetero) is 1. The summed E-state index contributed by atoms with van der Waals surface area (Å²) in [6.45, 7) is 5.99. The first-order valence-corrected chi connectivity index (χ1v) is 7.35. The third-order valence-electron chi connectivity index (χ3n) is 2.72. The summed E-state index contributed by atoms with van der Waals surface area (Å²) in [5.41, 5.74) is 0.644. The molecule has 22 heavy (non-hydrogen) atoms. The molecule has 0 spiro atoms. The molecule has 120 valence electrons. The fraction of sp³-hybridized carbons (Fsp3) is 0.412. The predicted molar refractivity (Wildman–Crippen MR) is 83.1 cm³/mol. The molecular formula is C17H22O5. The Kier molecular flexibility index (Phi) is 8.10. The third kappa shape index (κ3) is 5.42. The van der Waals surface area contributed by atoms with Crippen LogP contribution < -0.4 is 0 Å². The lowest BCUT2D eigenvalue weighted by molar-refractivity contribution is -0.165. The molecule has 0 amide bonds. The average Bonchev–Trinajstić information content (AvgIpc) is 2.53. The van der Waals surface area contributed by atoms with Gasteiger partial charge < -0.3 is 14.2 Å². The van der Waals surface area contributed by atoms with Gasteiger partial charge in [0.2, 0.25) is 12.1 Å². The quantitative estimate of drug-likeness (QED) is 0.231. The summed E-state index contributed by atoms with van der Waals surface area (Å²) in [6.07, 6.45) is 0.389. The van der Waals surface area contributed by atoms with Gasteiger partial charge in [-0.05, 0) is 32.4 Å². The van der Waals surface area contributed by atoms with Crippen LogP contribution in [-0.2, 0) is 23.8 Å². The van der Waals surface area contributed by atoms with Gasteiger partial charge in [-0.2, -0.15) is 0 Å². The van der Waals surface area contributed by atoms with Gasteiger partial charge in [-0.3, -0.25) is 4.79 Å². The van der Waals surface area contributed by atoms with Crippen molar-refractivity contribution in [2.24, 2.45) is 0 Å². The Hall–Kier alpha value is -1.98. The molecule has 1 aromatic rings. The second kappa shape index (κ2) is 9.87. The number of carbonyl (C=O) groups is 2. The summed E-state index contributed by atoms with van der Waals surface area (Å²) in [6, 6.07) is 9.08. The zero-order valence-electron chi connectivity index (χ0n) is 13.2. The number of rotatable bonds is 9. The maximum Gasteiger partial charge on any atom is 0.341 e. The highest BCUT2D eigenvalue weighted by Gasteiger charge is 2.28. The maximum absolute atomic E-state index is 12.5. The summed E-state index contributed by atoms with van der Waals surface area (Å²) in [5, 5.41) is 0. The molecule has 0 aliphatic heterocycles. The number of ether oxygens (including phenoxy) is 3. The predicted octanol–water partition coefficient (Wildman–Crippen LogP) is 2.60. The molecule has 0 aromatic heterocycles.